The summed E-state index contributed by atoms with van der Waals surface area (Å²) in [5.41, 5.74) is -0.180. The van der Waals surface area contributed by atoms with Crippen LogP contribution in [0.5, 0.6) is 0 Å². The van der Waals surface area contributed by atoms with Crippen LogP contribution in [0.2, 0.25) is 25.1 Å². The number of halogens is 5. The predicted octanol–water partition coefficient (Wildman–Crippen LogP) is 2.71. The van der Waals surface area contributed by atoms with Crippen molar-refractivity contribution in [1.29, 1.82) is 0 Å². The fourth-order valence-corrected chi connectivity index (χ4v) is 3.58. The second-order valence-corrected chi connectivity index (χ2v) is 7.56. The molecule has 0 aliphatic carbocycles. The minimum absolute atomic E-state index is 0. The number of benzene rings is 1. The zero-order valence-corrected chi connectivity index (χ0v) is 15.2. The summed E-state index contributed by atoms with van der Waals surface area (Å²) in [6.45, 7) is -0.869. The van der Waals surface area contributed by atoms with E-state index in [4.69, 9.17) is 62.6 Å². The van der Waals surface area contributed by atoms with Gasteiger partial charge in [0.05, 0.1) is 31.7 Å². The molecule has 8 nitrogen and oxygen atoms in total. The largest absolute Gasteiger partial charge is 0.416 e. The lowest BCUT2D eigenvalue weighted by atomic mass is 10.2. The minimum Gasteiger partial charge on any atom is -0.412 e. The summed E-state index contributed by atoms with van der Waals surface area (Å²) in [6.07, 6.45) is 0. The summed E-state index contributed by atoms with van der Waals surface area (Å²) in [5.74, 6) is 0. The smallest absolute Gasteiger partial charge is 0.412 e. The Morgan fingerprint density at radius 2 is 1.18 bits per heavy atom. The summed E-state index contributed by atoms with van der Waals surface area (Å²) >= 11 is 28.8. The molecule has 0 fully saturated rings. The quantitative estimate of drug-likeness (QED) is 0.407. The summed E-state index contributed by atoms with van der Waals surface area (Å²) in [6, 6.07) is 0. The molecule has 22 heavy (non-hydrogen) atoms. The molecule has 0 aromatic heterocycles. The van der Waals surface area contributed by atoms with Crippen molar-refractivity contribution in [2.45, 2.75) is 6.61 Å². The molecular weight excluding hydrogens is 453 g/mol. The fraction of sp³-hybridized carbons (Fsp3) is 0.143. The Kier molecular flexibility index (Phi) is 8.14. The molecule has 0 radical (unpaired) electrons. The summed E-state index contributed by atoms with van der Waals surface area (Å²) < 4.78 is 58.6. The lowest BCUT2D eigenvalue weighted by molar-refractivity contribution is 0.256. The Morgan fingerprint density at radius 1 is 0.818 bits per heavy atom. The monoisotopic (exact) mass is 456 g/mol. The normalized spacial score (nSPS) is 12.1. The Morgan fingerprint density at radius 3 is 1.55 bits per heavy atom. The molecule has 128 valence electrons. The van der Waals surface area contributed by atoms with Crippen LogP contribution in [0.15, 0.2) is 0 Å². The molecule has 0 unspecified atom stereocenters. The third kappa shape index (κ3) is 5.80. The van der Waals surface area contributed by atoms with E-state index in [1.165, 1.54) is 0 Å². The Balaban J connectivity index is 0.00000441. The fourth-order valence-electron chi connectivity index (χ4n) is 1.03. The van der Waals surface area contributed by atoms with Crippen molar-refractivity contribution in [3.05, 3.63) is 30.7 Å². The van der Waals surface area contributed by atoms with Crippen LogP contribution in [-0.2, 0) is 35.2 Å². The number of rotatable bonds is 5. The van der Waals surface area contributed by atoms with Crippen LogP contribution in [0.1, 0.15) is 5.56 Å². The highest BCUT2D eigenvalue weighted by atomic mass is 35.5. The van der Waals surface area contributed by atoms with Gasteiger partial charge in [0.25, 0.3) is 0 Å². The first-order valence-electron chi connectivity index (χ1n) is 4.44. The van der Waals surface area contributed by atoms with Gasteiger partial charge >= 0.3 is 20.8 Å². The predicted molar refractivity (Wildman–Crippen MR) is 81.4 cm³/mol. The third-order valence-electron chi connectivity index (χ3n) is 1.82. The molecule has 0 saturated carbocycles. The molecular formula is C7H5Cl5O8S2. The van der Waals surface area contributed by atoms with Gasteiger partial charge in [-0.2, -0.15) is 16.8 Å². The van der Waals surface area contributed by atoms with E-state index in [2.05, 4.69) is 7.81 Å². The summed E-state index contributed by atoms with van der Waals surface area (Å²) in [4.78, 5) is 0. The van der Waals surface area contributed by atoms with Gasteiger partial charge in [0.2, 0.25) is 0 Å². The van der Waals surface area contributed by atoms with Crippen molar-refractivity contribution in [3.63, 3.8) is 0 Å². The lowest BCUT2D eigenvalue weighted by Gasteiger charge is -2.12. The van der Waals surface area contributed by atoms with E-state index >= 15 is 0 Å². The van der Waals surface area contributed by atoms with E-state index in [0.29, 0.717) is 0 Å². The topological polar surface area (TPSA) is 138 Å². The Hall–Kier alpha value is 0.410. The number of hydrogen-bond donors (Lipinski definition) is 1. The van der Waals surface area contributed by atoms with Crippen molar-refractivity contribution >= 4 is 78.8 Å². The molecule has 0 spiro atoms. The highest BCUT2D eigenvalue weighted by Gasteiger charge is 2.25. The van der Waals surface area contributed by atoms with Crippen LogP contribution < -0.4 is 0 Å². The summed E-state index contributed by atoms with van der Waals surface area (Å²) in [5, 5.41) is -1.08. The number of hydrogen-bond acceptors (Lipinski definition) is 6. The third-order valence-corrected chi connectivity index (χ3v) is 5.93. The zero-order valence-electron chi connectivity index (χ0n) is 9.81. The first-order valence-corrected chi connectivity index (χ1v) is 9.02. The molecule has 1 aromatic carbocycles. The average Bonchev–Trinajstić information content (AvgIpc) is 2.31. The second kappa shape index (κ2) is 7.99. The first-order chi connectivity index (χ1) is 9.36. The van der Waals surface area contributed by atoms with Gasteiger partial charge in [0, 0.05) is 5.56 Å². The average molecular weight is 459 g/mol. The van der Waals surface area contributed by atoms with Gasteiger partial charge in [0.15, 0.2) is 0 Å². The van der Waals surface area contributed by atoms with Crippen molar-refractivity contribution in [2.24, 2.45) is 0 Å². The lowest BCUT2D eigenvalue weighted by Crippen LogP contribution is -2.15. The van der Waals surface area contributed by atoms with Crippen molar-refractivity contribution in [2.75, 3.05) is 0 Å². The molecule has 0 atom stereocenters. The van der Waals surface area contributed by atoms with E-state index < -0.39 is 27.4 Å². The van der Waals surface area contributed by atoms with E-state index in [1.54, 1.807) is 0 Å². The van der Waals surface area contributed by atoms with E-state index in [1.807, 2.05) is 0 Å². The molecule has 0 saturated heterocycles. The summed E-state index contributed by atoms with van der Waals surface area (Å²) in [7, 11) is -10.4. The maximum absolute atomic E-state index is 11.1. The van der Waals surface area contributed by atoms with Gasteiger partial charge in [-0.3, -0.25) is 4.55 Å². The standard InChI is InChI=1S/C7H3Cl5O7S2.H2O/c8-3-2(4(9)6(11)7(12)5(3)10)1-18-21(16,17)19-20(13,14)15;/h1H2,(H,13,14,15);1H2. The van der Waals surface area contributed by atoms with Crippen LogP contribution in [0.4, 0.5) is 0 Å². The van der Waals surface area contributed by atoms with Gasteiger partial charge in [-0.05, 0) is 0 Å². The molecule has 0 heterocycles. The van der Waals surface area contributed by atoms with Gasteiger partial charge in [-0.1, -0.05) is 58.0 Å². The van der Waals surface area contributed by atoms with Gasteiger partial charge in [-0.25, -0.2) is 4.18 Å². The Labute approximate surface area is 150 Å². The van der Waals surface area contributed by atoms with E-state index in [9.17, 15) is 16.8 Å². The van der Waals surface area contributed by atoms with Crippen molar-refractivity contribution < 1.29 is 34.7 Å². The molecule has 15 heteroatoms. The molecule has 0 amide bonds. The van der Waals surface area contributed by atoms with Gasteiger partial charge in [-0.15, -0.1) is 3.63 Å². The highest BCUT2D eigenvalue weighted by molar-refractivity contribution is 7.94. The Bertz CT molecular complexity index is 746. The molecule has 1 aromatic rings. The molecule has 0 aliphatic rings. The van der Waals surface area contributed by atoms with Crippen LogP contribution in [0.3, 0.4) is 0 Å². The maximum atomic E-state index is 11.1. The van der Waals surface area contributed by atoms with E-state index in [0.717, 1.165) is 0 Å². The van der Waals surface area contributed by atoms with Crippen LogP contribution >= 0.6 is 58.0 Å². The minimum atomic E-state index is -5.28. The SMILES string of the molecule is O.O=S(=O)(O)OS(=O)(=O)OCc1c(Cl)c(Cl)c(Cl)c(Cl)c1Cl. The van der Waals surface area contributed by atoms with E-state index in [-0.39, 0.29) is 36.2 Å². The first kappa shape index (κ1) is 22.4. The zero-order chi connectivity index (χ0) is 16.6. The molecule has 0 aliphatic heterocycles. The second-order valence-electron chi connectivity index (χ2n) is 3.21. The van der Waals surface area contributed by atoms with Gasteiger partial charge < -0.3 is 5.48 Å². The van der Waals surface area contributed by atoms with Crippen molar-refractivity contribution in [1.82, 2.24) is 0 Å². The maximum Gasteiger partial charge on any atom is 0.416 e. The molecule has 0 bridgehead atoms. The highest BCUT2D eigenvalue weighted by Crippen LogP contribution is 2.44. The molecule has 3 N–H and O–H groups in total. The van der Waals surface area contributed by atoms with Crippen LogP contribution in [0.25, 0.3) is 0 Å². The van der Waals surface area contributed by atoms with Crippen LogP contribution in [0, 0.1) is 0 Å². The van der Waals surface area contributed by atoms with Gasteiger partial charge in [0.1, 0.15) is 0 Å². The van der Waals surface area contributed by atoms with Crippen LogP contribution in [-0.4, -0.2) is 26.9 Å². The molecule has 1 rings (SSSR count). The van der Waals surface area contributed by atoms with Crippen molar-refractivity contribution in [3.8, 4) is 0 Å².